The van der Waals surface area contributed by atoms with E-state index in [0.29, 0.717) is 23.9 Å². The minimum atomic E-state index is -4.75. The monoisotopic (exact) mass is 663 g/mol. The van der Waals surface area contributed by atoms with Crippen molar-refractivity contribution in [3.05, 3.63) is 84.2 Å². The molecular formula is C35H36F3N5O3S. The van der Waals surface area contributed by atoms with Gasteiger partial charge in [0.1, 0.15) is 17.8 Å². The highest BCUT2D eigenvalue weighted by Crippen LogP contribution is 2.50. The molecule has 1 aromatic heterocycles. The minimum Gasteiger partial charge on any atom is -0.497 e. The molecule has 3 unspecified atom stereocenters. The molecule has 3 aromatic carbocycles. The highest BCUT2D eigenvalue weighted by Gasteiger charge is 2.40. The molecule has 2 heterocycles. The summed E-state index contributed by atoms with van der Waals surface area (Å²) in [5, 5.41) is 5.24. The van der Waals surface area contributed by atoms with E-state index >= 15 is 0 Å². The van der Waals surface area contributed by atoms with Crippen molar-refractivity contribution in [2.75, 3.05) is 17.8 Å². The Labute approximate surface area is 276 Å². The summed E-state index contributed by atoms with van der Waals surface area (Å²) >= 11 is 1.63. The van der Waals surface area contributed by atoms with Gasteiger partial charge < -0.3 is 14.4 Å². The summed E-state index contributed by atoms with van der Waals surface area (Å²) in [5.41, 5.74) is 4.76. The number of hydrogen-bond donors (Lipinski definition) is 0. The Kier molecular flexibility index (Phi) is 9.32. The predicted octanol–water partition coefficient (Wildman–Crippen LogP) is 8.37. The third-order valence-electron chi connectivity index (χ3n) is 8.54. The number of rotatable bonds is 9. The molecular weight excluding hydrogens is 627 g/mol. The van der Waals surface area contributed by atoms with Crippen LogP contribution in [0.4, 0.5) is 18.9 Å². The normalized spacial score (nSPS) is 20.5. The molecule has 0 spiro atoms. The molecule has 4 aromatic rings. The lowest BCUT2D eigenvalue weighted by Crippen LogP contribution is -2.42. The molecule has 3 atom stereocenters. The summed E-state index contributed by atoms with van der Waals surface area (Å²) in [4.78, 5) is 24.5. The molecule has 1 saturated heterocycles. The molecule has 1 aliphatic heterocycles. The van der Waals surface area contributed by atoms with Gasteiger partial charge in [0.05, 0.1) is 18.5 Å². The average molecular weight is 664 g/mol. The fraction of sp³-hybridized carbons (Fsp3) is 0.371. The van der Waals surface area contributed by atoms with Crippen LogP contribution >= 0.6 is 11.8 Å². The first-order valence-corrected chi connectivity index (χ1v) is 16.6. The number of carbonyl (C=O) groups is 1. The summed E-state index contributed by atoms with van der Waals surface area (Å²) in [6.07, 6.45) is -0.915. The standard InChI is InChI=1S/C35H36F3N5O3S/c1-21(2)29-14-13-28(45-4)19-31(29)43-22(3)15-16-47-34(43)40-32(44)18-25-17-30(25)23-5-7-24(8-6-23)33-39-20-42(41-33)26-9-11-27(12-10-26)46-35(36,37)38/h5-14,19-22,25,30H,15-18H2,1-4H3. The van der Waals surface area contributed by atoms with Gasteiger partial charge in [0.2, 0.25) is 5.91 Å². The minimum absolute atomic E-state index is 0.0996. The number of thioether (sulfide) groups is 1. The molecule has 1 saturated carbocycles. The number of halogens is 3. The third-order valence-corrected chi connectivity index (χ3v) is 9.52. The Hall–Kier alpha value is -4.32. The van der Waals surface area contributed by atoms with Crippen LogP contribution < -0.4 is 14.4 Å². The number of benzene rings is 3. The van der Waals surface area contributed by atoms with Crippen molar-refractivity contribution in [2.24, 2.45) is 10.9 Å². The first-order valence-electron chi connectivity index (χ1n) is 15.6. The number of amidine groups is 1. The zero-order valence-electron chi connectivity index (χ0n) is 26.6. The number of hydrogen-bond acceptors (Lipinski definition) is 6. The van der Waals surface area contributed by atoms with Crippen LogP contribution in [0.3, 0.4) is 0 Å². The van der Waals surface area contributed by atoms with Crippen molar-refractivity contribution >= 4 is 28.5 Å². The molecule has 2 fully saturated rings. The summed E-state index contributed by atoms with van der Waals surface area (Å²) in [5.74, 6) is 2.62. The lowest BCUT2D eigenvalue weighted by atomic mass is 9.99. The quantitative estimate of drug-likeness (QED) is 0.178. The van der Waals surface area contributed by atoms with Crippen molar-refractivity contribution in [3.63, 3.8) is 0 Å². The van der Waals surface area contributed by atoms with Crippen molar-refractivity contribution in [2.45, 2.75) is 64.3 Å². The Balaban J connectivity index is 1.10. The van der Waals surface area contributed by atoms with Crippen LogP contribution in [0.1, 0.15) is 63.0 Å². The molecule has 12 heteroatoms. The highest BCUT2D eigenvalue weighted by molar-refractivity contribution is 8.14. The fourth-order valence-electron chi connectivity index (χ4n) is 5.94. The lowest BCUT2D eigenvalue weighted by molar-refractivity contribution is -0.274. The van der Waals surface area contributed by atoms with E-state index in [1.54, 1.807) is 18.9 Å². The Morgan fingerprint density at radius 3 is 2.47 bits per heavy atom. The van der Waals surface area contributed by atoms with Crippen molar-refractivity contribution < 1.29 is 27.4 Å². The van der Waals surface area contributed by atoms with Crippen LogP contribution in [-0.4, -0.2) is 51.1 Å². The van der Waals surface area contributed by atoms with Crippen LogP contribution in [0.15, 0.2) is 78.0 Å². The second-order valence-corrected chi connectivity index (χ2v) is 13.3. The maximum atomic E-state index is 13.3. The van der Waals surface area contributed by atoms with Crippen molar-refractivity contribution in [1.29, 1.82) is 0 Å². The zero-order chi connectivity index (χ0) is 33.3. The van der Waals surface area contributed by atoms with Crippen LogP contribution in [-0.2, 0) is 4.79 Å². The fourth-order valence-corrected chi connectivity index (χ4v) is 7.16. The highest BCUT2D eigenvalue weighted by atomic mass is 32.2. The van der Waals surface area contributed by atoms with E-state index in [4.69, 9.17) is 4.74 Å². The second kappa shape index (κ2) is 13.4. The number of carbonyl (C=O) groups excluding carboxylic acids is 1. The number of nitrogens with zero attached hydrogens (tertiary/aromatic N) is 5. The van der Waals surface area contributed by atoms with Gasteiger partial charge in [-0.15, -0.1) is 18.3 Å². The van der Waals surface area contributed by atoms with Crippen LogP contribution in [0, 0.1) is 5.92 Å². The molecule has 2 aliphatic rings. The van der Waals surface area contributed by atoms with E-state index in [2.05, 4.69) is 51.5 Å². The number of methoxy groups -OCH3 is 1. The molecule has 1 aliphatic carbocycles. The van der Waals surface area contributed by atoms with Gasteiger partial charge in [-0.3, -0.25) is 4.79 Å². The van der Waals surface area contributed by atoms with Gasteiger partial charge in [0.15, 0.2) is 11.0 Å². The van der Waals surface area contributed by atoms with E-state index in [1.165, 1.54) is 40.8 Å². The summed E-state index contributed by atoms with van der Waals surface area (Å²) in [6.45, 7) is 6.51. The summed E-state index contributed by atoms with van der Waals surface area (Å²) < 4.78 is 48.3. The molecule has 246 valence electrons. The smallest absolute Gasteiger partial charge is 0.497 e. The van der Waals surface area contributed by atoms with Gasteiger partial charge in [-0.1, -0.05) is 55.9 Å². The molecule has 0 N–H and O–H groups in total. The van der Waals surface area contributed by atoms with Gasteiger partial charge in [0, 0.05) is 29.8 Å². The van der Waals surface area contributed by atoms with Crippen LogP contribution in [0.25, 0.3) is 17.1 Å². The molecule has 8 nitrogen and oxygen atoms in total. The molecule has 6 rings (SSSR count). The first kappa shape index (κ1) is 32.6. The SMILES string of the molecule is COc1ccc(C(C)C)c(N2C(=NC(=O)CC3CC3c3ccc(-c4ncn(-c5ccc(OC(F)(F)F)cc5)n4)cc3)SCCC2C)c1. The average Bonchev–Trinajstić information content (AvgIpc) is 3.61. The Morgan fingerprint density at radius 2 is 1.79 bits per heavy atom. The van der Waals surface area contributed by atoms with Gasteiger partial charge in [-0.2, -0.15) is 4.99 Å². The van der Waals surface area contributed by atoms with Gasteiger partial charge in [-0.25, -0.2) is 9.67 Å². The van der Waals surface area contributed by atoms with Crippen LogP contribution in [0.2, 0.25) is 0 Å². The zero-order valence-corrected chi connectivity index (χ0v) is 27.4. The van der Waals surface area contributed by atoms with Crippen molar-refractivity contribution in [1.82, 2.24) is 14.8 Å². The van der Waals surface area contributed by atoms with E-state index in [0.717, 1.165) is 46.3 Å². The van der Waals surface area contributed by atoms with E-state index in [1.807, 2.05) is 36.4 Å². The topological polar surface area (TPSA) is 81.8 Å². The first-order chi connectivity index (χ1) is 22.5. The Bertz CT molecular complexity index is 1760. The van der Waals surface area contributed by atoms with E-state index in [9.17, 15) is 18.0 Å². The van der Waals surface area contributed by atoms with Gasteiger partial charge in [0.25, 0.3) is 0 Å². The number of ether oxygens (including phenoxy) is 2. The van der Waals surface area contributed by atoms with Gasteiger partial charge in [-0.05, 0) is 79.0 Å². The predicted molar refractivity (Wildman–Crippen MR) is 177 cm³/mol. The third kappa shape index (κ3) is 7.64. The molecule has 0 bridgehead atoms. The van der Waals surface area contributed by atoms with Gasteiger partial charge >= 0.3 is 6.36 Å². The number of aliphatic imine (C=N–C) groups is 1. The molecule has 47 heavy (non-hydrogen) atoms. The van der Waals surface area contributed by atoms with Crippen LogP contribution in [0.5, 0.6) is 11.5 Å². The number of amides is 1. The molecule has 0 radical (unpaired) electrons. The summed E-state index contributed by atoms with van der Waals surface area (Å²) in [7, 11) is 1.66. The Morgan fingerprint density at radius 1 is 1.06 bits per heavy atom. The lowest BCUT2D eigenvalue weighted by Gasteiger charge is -2.37. The number of aromatic nitrogens is 3. The summed E-state index contributed by atoms with van der Waals surface area (Å²) in [6, 6.07) is 19.7. The van der Waals surface area contributed by atoms with E-state index in [-0.39, 0.29) is 29.5 Å². The molecule has 1 amide bonds. The maximum Gasteiger partial charge on any atom is 0.573 e. The number of alkyl halides is 3. The van der Waals surface area contributed by atoms with E-state index < -0.39 is 6.36 Å². The van der Waals surface area contributed by atoms with Crippen molar-refractivity contribution in [3.8, 4) is 28.6 Å². The second-order valence-electron chi connectivity index (χ2n) is 12.2. The largest absolute Gasteiger partial charge is 0.573 e. The maximum absolute atomic E-state index is 13.3. The number of anilines is 1.